The van der Waals surface area contributed by atoms with Crippen LogP contribution in [0.4, 0.5) is 0 Å². The molecule has 4 nitrogen and oxygen atoms in total. The van der Waals surface area contributed by atoms with Crippen molar-refractivity contribution >= 4 is 28.6 Å². The second kappa shape index (κ2) is 12.7. The molecule has 1 saturated carbocycles. The Bertz CT molecular complexity index is 2500. The number of methoxy groups -OCH3 is 3. The summed E-state index contributed by atoms with van der Waals surface area (Å²) in [6, 6.07) is 39.0. The average Bonchev–Trinajstić information content (AvgIpc) is 3.60. The van der Waals surface area contributed by atoms with Crippen molar-refractivity contribution in [1.82, 2.24) is 0 Å². The van der Waals surface area contributed by atoms with E-state index < -0.39 is 5.60 Å². The molecule has 3 aliphatic rings. The van der Waals surface area contributed by atoms with E-state index in [0.717, 1.165) is 63.5 Å². The van der Waals surface area contributed by atoms with Crippen molar-refractivity contribution < 1.29 is 18.9 Å². The minimum Gasteiger partial charge on any atom is -0.497 e. The first kappa shape index (κ1) is 35.6. The van der Waals surface area contributed by atoms with Crippen LogP contribution in [0.2, 0.25) is 0 Å². The zero-order chi connectivity index (χ0) is 38.3. The number of fused-ring (bicyclic) bond motifs is 10. The number of ether oxygens (including phenoxy) is 4. The zero-order valence-corrected chi connectivity index (χ0v) is 33.8. The lowest BCUT2D eigenvalue weighted by Crippen LogP contribution is -2.35. The van der Waals surface area contributed by atoms with Gasteiger partial charge in [0, 0.05) is 44.0 Å². The standard InChI is InChI=1S/C50H48O4S/c1-47(2)29-49(30-48(47,3)4)41-17-13-12-16-36(41)44-39-28-43(55-8)38(35-23-22-34(52-6)26-42(35)53-7)27-40(39)46-37(45(44)49)24-25-50(54-46,31-14-10-9-11-15-31)32-18-20-33(51-5)21-19-32/h9-28H,29-30H2,1-8H3. The summed E-state index contributed by atoms with van der Waals surface area (Å²) in [6.07, 6.45) is 8.96. The molecule has 1 unspecified atom stereocenters. The molecule has 0 amide bonds. The number of rotatable bonds is 7. The summed E-state index contributed by atoms with van der Waals surface area (Å²) < 4.78 is 25.0. The quantitative estimate of drug-likeness (QED) is 0.152. The number of benzene rings is 6. The lowest BCUT2D eigenvalue weighted by Gasteiger charge is -2.39. The molecule has 0 N–H and O–H groups in total. The Hall–Kier alpha value is -5.13. The predicted octanol–water partition coefficient (Wildman–Crippen LogP) is 12.7. The third-order valence-electron chi connectivity index (χ3n) is 13.3. The Balaban J connectivity index is 1.42. The first-order valence-corrected chi connectivity index (χ1v) is 20.4. The molecule has 6 aromatic rings. The Labute approximate surface area is 329 Å². The third-order valence-corrected chi connectivity index (χ3v) is 14.1. The topological polar surface area (TPSA) is 36.9 Å². The third kappa shape index (κ3) is 5.12. The van der Waals surface area contributed by atoms with Gasteiger partial charge >= 0.3 is 0 Å². The molecule has 1 fully saturated rings. The molecule has 1 heterocycles. The van der Waals surface area contributed by atoms with Gasteiger partial charge in [0.25, 0.3) is 0 Å². The monoisotopic (exact) mass is 744 g/mol. The van der Waals surface area contributed by atoms with Gasteiger partial charge in [-0.2, -0.15) is 0 Å². The van der Waals surface area contributed by atoms with Crippen LogP contribution in [-0.4, -0.2) is 27.6 Å². The highest BCUT2D eigenvalue weighted by Gasteiger charge is 2.60. The Morgan fingerprint density at radius 2 is 1.27 bits per heavy atom. The maximum atomic E-state index is 7.78. The van der Waals surface area contributed by atoms with Crippen LogP contribution in [0.3, 0.4) is 0 Å². The minimum atomic E-state index is -0.884. The van der Waals surface area contributed by atoms with Crippen molar-refractivity contribution in [3.63, 3.8) is 0 Å². The SMILES string of the molecule is COc1ccc(C2(c3ccccc3)C=Cc3c4c(c5cc(SC)c(-c6ccc(OC)cc6OC)cc5c3O2)-c2ccccc2C42CC(C)(C)C(C)(C)C2)cc1. The van der Waals surface area contributed by atoms with Gasteiger partial charge in [-0.05, 0) is 106 Å². The van der Waals surface area contributed by atoms with E-state index in [1.165, 1.54) is 38.1 Å². The summed E-state index contributed by atoms with van der Waals surface area (Å²) in [5.41, 5.74) is 10.1. The van der Waals surface area contributed by atoms with Gasteiger partial charge in [-0.1, -0.05) is 101 Å². The van der Waals surface area contributed by atoms with E-state index in [2.05, 4.69) is 131 Å². The highest BCUT2D eigenvalue weighted by Crippen LogP contribution is 2.70. The van der Waals surface area contributed by atoms with Gasteiger partial charge in [0.05, 0.1) is 21.3 Å². The Kier molecular flexibility index (Phi) is 8.22. The van der Waals surface area contributed by atoms with Crippen LogP contribution in [0.15, 0.2) is 120 Å². The molecule has 1 aliphatic heterocycles. The van der Waals surface area contributed by atoms with E-state index in [-0.39, 0.29) is 16.2 Å². The van der Waals surface area contributed by atoms with Crippen molar-refractivity contribution in [2.75, 3.05) is 27.6 Å². The van der Waals surface area contributed by atoms with Crippen LogP contribution < -0.4 is 18.9 Å². The molecule has 0 radical (unpaired) electrons. The summed E-state index contributed by atoms with van der Waals surface area (Å²) in [4.78, 5) is 1.18. The van der Waals surface area contributed by atoms with Crippen LogP contribution in [-0.2, 0) is 11.0 Å². The molecule has 5 heteroatoms. The molecule has 55 heavy (non-hydrogen) atoms. The van der Waals surface area contributed by atoms with Crippen LogP contribution in [0.25, 0.3) is 39.1 Å². The summed E-state index contributed by atoms with van der Waals surface area (Å²) >= 11 is 1.77. The highest BCUT2D eigenvalue weighted by atomic mass is 32.2. The van der Waals surface area contributed by atoms with Crippen molar-refractivity contribution in [1.29, 1.82) is 0 Å². The number of thioether (sulfide) groups is 1. The number of hydrogen-bond donors (Lipinski definition) is 0. The molecule has 6 aromatic carbocycles. The smallest absolute Gasteiger partial charge is 0.178 e. The van der Waals surface area contributed by atoms with E-state index in [1.807, 2.05) is 24.3 Å². The zero-order valence-electron chi connectivity index (χ0n) is 33.0. The van der Waals surface area contributed by atoms with Crippen molar-refractivity contribution in [3.05, 3.63) is 143 Å². The van der Waals surface area contributed by atoms with Crippen LogP contribution in [0.5, 0.6) is 23.0 Å². The van der Waals surface area contributed by atoms with Crippen molar-refractivity contribution in [3.8, 4) is 45.3 Å². The van der Waals surface area contributed by atoms with Gasteiger partial charge in [-0.3, -0.25) is 0 Å². The normalized spacial score (nSPS) is 19.4. The fourth-order valence-corrected chi connectivity index (χ4v) is 10.6. The van der Waals surface area contributed by atoms with E-state index in [0.29, 0.717) is 0 Å². The van der Waals surface area contributed by atoms with Gasteiger partial charge in [-0.15, -0.1) is 11.8 Å². The molecular weight excluding hydrogens is 697 g/mol. The van der Waals surface area contributed by atoms with Crippen LogP contribution in [0.1, 0.15) is 68.4 Å². The summed E-state index contributed by atoms with van der Waals surface area (Å²) in [7, 11) is 5.12. The molecule has 0 bridgehead atoms. The van der Waals surface area contributed by atoms with E-state index in [1.54, 1.807) is 33.1 Å². The molecule has 1 atom stereocenters. The fraction of sp³-hybridized carbons (Fsp3) is 0.280. The summed E-state index contributed by atoms with van der Waals surface area (Å²) in [5, 5.41) is 2.30. The summed E-state index contributed by atoms with van der Waals surface area (Å²) in [6.45, 7) is 9.86. The molecule has 278 valence electrons. The second-order valence-electron chi connectivity index (χ2n) is 16.7. The molecule has 9 rings (SSSR count). The second-order valence-corrected chi connectivity index (χ2v) is 17.5. The van der Waals surface area contributed by atoms with Gasteiger partial charge in [0.15, 0.2) is 5.60 Å². The Morgan fingerprint density at radius 1 is 0.618 bits per heavy atom. The van der Waals surface area contributed by atoms with Gasteiger partial charge in [-0.25, -0.2) is 0 Å². The predicted molar refractivity (Wildman–Crippen MR) is 227 cm³/mol. The van der Waals surface area contributed by atoms with Gasteiger partial charge < -0.3 is 18.9 Å². The maximum Gasteiger partial charge on any atom is 0.178 e. The van der Waals surface area contributed by atoms with Crippen molar-refractivity contribution in [2.45, 2.75) is 56.4 Å². The molecule has 0 aromatic heterocycles. The lowest BCUT2D eigenvalue weighted by atomic mass is 9.71. The largest absolute Gasteiger partial charge is 0.497 e. The lowest BCUT2D eigenvalue weighted by molar-refractivity contribution is 0.157. The molecule has 2 aliphatic carbocycles. The molecular formula is C50H48O4S. The van der Waals surface area contributed by atoms with Gasteiger partial charge in [0.2, 0.25) is 0 Å². The van der Waals surface area contributed by atoms with E-state index in [9.17, 15) is 0 Å². The minimum absolute atomic E-state index is 0.110. The molecule has 1 spiro atoms. The first-order chi connectivity index (χ1) is 26.5. The van der Waals surface area contributed by atoms with Crippen LogP contribution in [0, 0.1) is 10.8 Å². The van der Waals surface area contributed by atoms with E-state index in [4.69, 9.17) is 18.9 Å². The van der Waals surface area contributed by atoms with Gasteiger partial charge in [0.1, 0.15) is 23.0 Å². The average molecular weight is 745 g/mol. The Morgan fingerprint density at radius 3 is 1.95 bits per heavy atom. The van der Waals surface area contributed by atoms with E-state index >= 15 is 0 Å². The van der Waals surface area contributed by atoms with Crippen molar-refractivity contribution in [2.24, 2.45) is 10.8 Å². The summed E-state index contributed by atoms with van der Waals surface area (Å²) in [5.74, 6) is 3.24. The molecule has 0 saturated heterocycles. The highest BCUT2D eigenvalue weighted by molar-refractivity contribution is 7.98. The number of hydrogen-bond acceptors (Lipinski definition) is 5. The fourth-order valence-electron chi connectivity index (χ4n) is 10.0. The maximum absolute atomic E-state index is 7.78. The van der Waals surface area contributed by atoms with Crippen LogP contribution >= 0.6 is 11.8 Å². The first-order valence-electron chi connectivity index (χ1n) is 19.1.